The van der Waals surface area contributed by atoms with Crippen LogP contribution in [0.2, 0.25) is 0 Å². The average Bonchev–Trinajstić information content (AvgIpc) is 2.38. The number of rotatable bonds is 5. The van der Waals surface area contributed by atoms with E-state index >= 15 is 0 Å². The Balaban J connectivity index is 2.36. The Morgan fingerprint density at radius 3 is 2.82 bits per heavy atom. The molecule has 0 aliphatic rings. The summed E-state index contributed by atoms with van der Waals surface area (Å²) in [7, 11) is 1.64. The molecule has 0 aliphatic heterocycles. The number of benzene rings is 1. The molecule has 0 atom stereocenters. The number of pyridine rings is 1. The molecule has 0 amide bonds. The van der Waals surface area contributed by atoms with Crippen molar-refractivity contribution in [3.05, 3.63) is 36.0 Å². The van der Waals surface area contributed by atoms with E-state index in [0.717, 1.165) is 16.5 Å². The van der Waals surface area contributed by atoms with Crippen molar-refractivity contribution in [1.29, 1.82) is 0 Å². The van der Waals surface area contributed by atoms with E-state index in [4.69, 9.17) is 15.2 Å². The third-order valence-electron chi connectivity index (χ3n) is 2.49. The van der Waals surface area contributed by atoms with E-state index in [1.54, 1.807) is 7.11 Å². The van der Waals surface area contributed by atoms with Gasteiger partial charge >= 0.3 is 0 Å². The van der Waals surface area contributed by atoms with Gasteiger partial charge in [-0.25, -0.2) is 4.98 Å². The van der Waals surface area contributed by atoms with Crippen LogP contribution in [-0.4, -0.2) is 25.3 Å². The summed E-state index contributed by atoms with van der Waals surface area (Å²) in [5.41, 5.74) is 6.45. The second-order valence-electron chi connectivity index (χ2n) is 3.69. The van der Waals surface area contributed by atoms with Gasteiger partial charge in [0.2, 0.25) is 5.88 Å². The molecule has 0 bridgehead atoms. The largest absolute Gasteiger partial charge is 0.475 e. The molecule has 0 radical (unpaired) electrons. The van der Waals surface area contributed by atoms with Crippen molar-refractivity contribution < 1.29 is 9.47 Å². The fourth-order valence-corrected chi connectivity index (χ4v) is 1.66. The number of methoxy groups -OCH3 is 1. The molecule has 0 saturated carbocycles. The Labute approximate surface area is 100 Å². The molecule has 4 nitrogen and oxygen atoms in total. The Bertz CT molecular complexity index is 500. The molecule has 90 valence electrons. The monoisotopic (exact) mass is 232 g/mol. The second kappa shape index (κ2) is 5.61. The van der Waals surface area contributed by atoms with Crippen LogP contribution in [0.5, 0.6) is 5.88 Å². The SMILES string of the molecule is COCCOc1nc(CN)cc2ccccc12. The predicted octanol–water partition coefficient (Wildman–Crippen LogP) is 1.72. The molecule has 2 aromatic rings. The quantitative estimate of drug-likeness (QED) is 0.797. The minimum absolute atomic E-state index is 0.408. The van der Waals surface area contributed by atoms with Crippen LogP contribution >= 0.6 is 0 Å². The summed E-state index contributed by atoms with van der Waals surface area (Å²) in [5.74, 6) is 0.626. The highest BCUT2D eigenvalue weighted by atomic mass is 16.5. The third kappa shape index (κ3) is 2.72. The summed E-state index contributed by atoms with van der Waals surface area (Å²) in [5, 5.41) is 2.09. The normalized spacial score (nSPS) is 10.7. The first-order chi connectivity index (χ1) is 8.35. The number of hydrogen-bond acceptors (Lipinski definition) is 4. The zero-order valence-corrected chi connectivity index (χ0v) is 9.85. The topological polar surface area (TPSA) is 57.4 Å². The van der Waals surface area contributed by atoms with E-state index in [0.29, 0.717) is 25.6 Å². The van der Waals surface area contributed by atoms with Crippen molar-refractivity contribution in [1.82, 2.24) is 4.98 Å². The molecule has 0 unspecified atom stereocenters. The lowest BCUT2D eigenvalue weighted by molar-refractivity contribution is 0.144. The number of nitrogens with zero attached hydrogens (tertiary/aromatic N) is 1. The zero-order chi connectivity index (χ0) is 12.1. The number of hydrogen-bond donors (Lipinski definition) is 1. The second-order valence-corrected chi connectivity index (χ2v) is 3.69. The molecule has 0 saturated heterocycles. The minimum Gasteiger partial charge on any atom is -0.475 e. The van der Waals surface area contributed by atoms with Gasteiger partial charge in [0.05, 0.1) is 12.3 Å². The standard InChI is InChI=1S/C13H16N2O2/c1-16-6-7-17-13-12-5-3-2-4-10(12)8-11(9-14)15-13/h2-5,8H,6-7,9,14H2,1H3. The van der Waals surface area contributed by atoms with E-state index in [-0.39, 0.29) is 0 Å². The lowest BCUT2D eigenvalue weighted by Gasteiger charge is -2.09. The van der Waals surface area contributed by atoms with Crippen molar-refractivity contribution in [3.8, 4) is 5.88 Å². The van der Waals surface area contributed by atoms with Gasteiger partial charge in [0.25, 0.3) is 0 Å². The van der Waals surface area contributed by atoms with Gasteiger partial charge in [0, 0.05) is 19.0 Å². The van der Waals surface area contributed by atoms with Gasteiger partial charge in [-0.15, -0.1) is 0 Å². The maximum atomic E-state index is 5.62. The van der Waals surface area contributed by atoms with Crippen molar-refractivity contribution >= 4 is 10.8 Å². The van der Waals surface area contributed by atoms with Crippen molar-refractivity contribution in [2.24, 2.45) is 5.73 Å². The van der Waals surface area contributed by atoms with Crippen LogP contribution in [0, 0.1) is 0 Å². The summed E-state index contributed by atoms with van der Waals surface area (Å²) in [4.78, 5) is 4.39. The van der Waals surface area contributed by atoms with Crippen LogP contribution in [0.25, 0.3) is 10.8 Å². The summed E-state index contributed by atoms with van der Waals surface area (Å²) < 4.78 is 10.6. The Morgan fingerprint density at radius 1 is 1.24 bits per heavy atom. The zero-order valence-electron chi connectivity index (χ0n) is 9.85. The van der Waals surface area contributed by atoms with Gasteiger partial charge < -0.3 is 15.2 Å². The van der Waals surface area contributed by atoms with Crippen molar-refractivity contribution in [2.45, 2.75) is 6.54 Å². The third-order valence-corrected chi connectivity index (χ3v) is 2.49. The summed E-state index contributed by atoms with van der Waals surface area (Å²) >= 11 is 0. The number of fused-ring (bicyclic) bond motifs is 1. The molecule has 0 aliphatic carbocycles. The van der Waals surface area contributed by atoms with E-state index in [9.17, 15) is 0 Å². The van der Waals surface area contributed by atoms with Crippen LogP contribution in [0.4, 0.5) is 0 Å². The van der Waals surface area contributed by atoms with Crippen LogP contribution < -0.4 is 10.5 Å². The molecule has 1 aromatic heterocycles. The van der Waals surface area contributed by atoms with Gasteiger partial charge in [-0.05, 0) is 17.5 Å². The maximum absolute atomic E-state index is 5.62. The first-order valence-electron chi connectivity index (χ1n) is 5.55. The van der Waals surface area contributed by atoms with Gasteiger partial charge in [-0.2, -0.15) is 0 Å². The van der Waals surface area contributed by atoms with E-state index < -0.39 is 0 Å². The van der Waals surface area contributed by atoms with E-state index in [1.807, 2.05) is 30.3 Å². The highest BCUT2D eigenvalue weighted by molar-refractivity contribution is 5.87. The molecule has 1 heterocycles. The summed E-state index contributed by atoms with van der Waals surface area (Å²) in [6.45, 7) is 1.44. The van der Waals surface area contributed by atoms with Crippen LogP contribution in [-0.2, 0) is 11.3 Å². The molecule has 4 heteroatoms. The van der Waals surface area contributed by atoms with Crippen LogP contribution in [0.15, 0.2) is 30.3 Å². The fourth-order valence-electron chi connectivity index (χ4n) is 1.66. The minimum atomic E-state index is 0.408. The molecular formula is C13H16N2O2. The number of aromatic nitrogens is 1. The maximum Gasteiger partial charge on any atom is 0.221 e. The lowest BCUT2D eigenvalue weighted by atomic mass is 10.1. The summed E-state index contributed by atoms with van der Waals surface area (Å²) in [6, 6.07) is 9.96. The van der Waals surface area contributed by atoms with Crippen LogP contribution in [0.1, 0.15) is 5.69 Å². The Hall–Kier alpha value is -1.65. The van der Waals surface area contributed by atoms with Gasteiger partial charge in [0.1, 0.15) is 6.61 Å². The molecule has 17 heavy (non-hydrogen) atoms. The molecular weight excluding hydrogens is 216 g/mol. The molecule has 2 rings (SSSR count). The number of ether oxygens (including phenoxy) is 2. The fraction of sp³-hybridized carbons (Fsp3) is 0.308. The highest BCUT2D eigenvalue weighted by Gasteiger charge is 2.05. The van der Waals surface area contributed by atoms with E-state index in [1.165, 1.54) is 0 Å². The Morgan fingerprint density at radius 2 is 2.06 bits per heavy atom. The predicted molar refractivity (Wildman–Crippen MR) is 67.0 cm³/mol. The van der Waals surface area contributed by atoms with E-state index in [2.05, 4.69) is 4.98 Å². The van der Waals surface area contributed by atoms with Crippen LogP contribution in [0.3, 0.4) is 0 Å². The van der Waals surface area contributed by atoms with Gasteiger partial charge in [-0.3, -0.25) is 0 Å². The first kappa shape index (κ1) is 11.8. The molecule has 0 spiro atoms. The smallest absolute Gasteiger partial charge is 0.221 e. The van der Waals surface area contributed by atoms with Gasteiger partial charge in [-0.1, -0.05) is 18.2 Å². The van der Waals surface area contributed by atoms with Crippen molar-refractivity contribution in [3.63, 3.8) is 0 Å². The van der Waals surface area contributed by atoms with Gasteiger partial charge in [0.15, 0.2) is 0 Å². The molecule has 0 fully saturated rings. The average molecular weight is 232 g/mol. The lowest BCUT2D eigenvalue weighted by Crippen LogP contribution is -2.08. The number of nitrogens with two attached hydrogens (primary N) is 1. The first-order valence-corrected chi connectivity index (χ1v) is 5.55. The Kier molecular flexibility index (Phi) is 3.90. The highest BCUT2D eigenvalue weighted by Crippen LogP contribution is 2.24. The van der Waals surface area contributed by atoms with Crippen molar-refractivity contribution in [2.75, 3.05) is 20.3 Å². The summed E-state index contributed by atoms with van der Waals surface area (Å²) in [6.07, 6.45) is 0. The molecule has 2 N–H and O–H groups in total. The molecule has 1 aromatic carbocycles.